The van der Waals surface area contributed by atoms with Crippen LogP contribution in [0.3, 0.4) is 0 Å². The van der Waals surface area contributed by atoms with E-state index in [0.29, 0.717) is 42.5 Å². The Balaban J connectivity index is 2.33. The highest BCUT2D eigenvalue weighted by Gasteiger charge is 2.49. The minimum absolute atomic E-state index is 0.102. The van der Waals surface area contributed by atoms with E-state index in [4.69, 9.17) is 21.1 Å². The standard InChI is InChI=1S/C18H25ClN2O4/c1-12-10-14(15(25-4)11-13(12)19)21-16(22)6-7-18(21,2)17(23)20-8-5-9-24-3/h10-11H,5-9H2,1-4H3,(H,20,23)/t18-/m0/s1. The summed E-state index contributed by atoms with van der Waals surface area (Å²) in [5.74, 6) is 0.197. The second-order valence-corrected chi connectivity index (χ2v) is 6.79. The summed E-state index contributed by atoms with van der Waals surface area (Å²) in [5, 5.41) is 3.46. The summed E-state index contributed by atoms with van der Waals surface area (Å²) in [5.41, 5.74) is 0.430. The summed E-state index contributed by atoms with van der Waals surface area (Å²) in [7, 11) is 3.14. The third-order valence-electron chi connectivity index (χ3n) is 4.57. The Morgan fingerprint density at radius 1 is 1.40 bits per heavy atom. The summed E-state index contributed by atoms with van der Waals surface area (Å²) in [4.78, 5) is 26.9. The fourth-order valence-electron chi connectivity index (χ4n) is 3.06. The summed E-state index contributed by atoms with van der Waals surface area (Å²) in [6.45, 7) is 4.71. The van der Waals surface area contributed by atoms with Gasteiger partial charge in [0.15, 0.2) is 0 Å². The van der Waals surface area contributed by atoms with E-state index in [1.807, 2.05) is 6.92 Å². The van der Waals surface area contributed by atoms with Crippen LogP contribution in [0.25, 0.3) is 0 Å². The molecule has 6 nitrogen and oxygen atoms in total. The molecular formula is C18H25ClN2O4. The van der Waals surface area contributed by atoms with Crippen LogP contribution in [-0.4, -0.2) is 44.7 Å². The predicted octanol–water partition coefficient (Wildman–Crippen LogP) is 2.70. The van der Waals surface area contributed by atoms with Crippen LogP contribution in [0.2, 0.25) is 5.02 Å². The molecule has 1 fully saturated rings. The number of rotatable bonds is 7. The Morgan fingerprint density at radius 3 is 2.76 bits per heavy atom. The number of hydrogen-bond acceptors (Lipinski definition) is 4. The lowest BCUT2D eigenvalue weighted by Gasteiger charge is -2.35. The maximum Gasteiger partial charge on any atom is 0.246 e. The van der Waals surface area contributed by atoms with Crippen LogP contribution in [-0.2, 0) is 14.3 Å². The lowest BCUT2D eigenvalue weighted by atomic mass is 9.96. The van der Waals surface area contributed by atoms with Crippen LogP contribution < -0.4 is 15.0 Å². The van der Waals surface area contributed by atoms with Gasteiger partial charge in [-0.2, -0.15) is 0 Å². The first kappa shape index (κ1) is 19.5. The number of amides is 2. The number of aryl methyl sites for hydroxylation is 1. The highest BCUT2D eigenvalue weighted by atomic mass is 35.5. The predicted molar refractivity (Wildman–Crippen MR) is 97.4 cm³/mol. The average Bonchev–Trinajstić information content (AvgIpc) is 2.89. The molecule has 0 aromatic heterocycles. The molecule has 1 N–H and O–H groups in total. The third-order valence-corrected chi connectivity index (χ3v) is 4.98. The van der Waals surface area contributed by atoms with E-state index in [1.165, 1.54) is 7.11 Å². The van der Waals surface area contributed by atoms with Crippen molar-refractivity contribution in [3.63, 3.8) is 0 Å². The van der Waals surface area contributed by atoms with Gasteiger partial charge in [0.2, 0.25) is 11.8 Å². The lowest BCUT2D eigenvalue weighted by Crippen LogP contribution is -2.55. The number of anilines is 1. The first-order chi connectivity index (χ1) is 11.8. The highest BCUT2D eigenvalue weighted by molar-refractivity contribution is 6.31. The molecule has 0 spiro atoms. The fraction of sp³-hybridized carbons (Fsp3) is 0.556. The van der Waals surface area contributed by atoms with E-state index < -0.39 is 5.54 Å². The second-order valence-electron chi connectivity index (χ2n) is 6.38. The van der Waals surface area contributed by atoms with Crippen molar-refractivity contribution in [1.82, 2.24) is 5.32 Å². The van der Waals surface area contributed by atoms with Crippen molar-refractivity contribution in [1.29, 1.82) is 0 Å². The van der Waals surface area contributed by atoms with Gasteiger partial charge in [-0.25, -0.2) is 0 Å². The number of halogens is 1. The molecule has 1 saturated heterocycles. The van der Waals surface area contributed by atoms with Gasteiger partial charge in [0.25, 0.3) is 0 Å². The van der Waals surface area contributed by atoms with E-state index in [-0.39, 0.29) is 11.8 Å². The van der Waals surface area contributed by atoms with Crippen molar-refractivity contribution in [2.45, 2.75) is 38.6 Å². The van der Waals surface area contributed by atoms with Gasteiger partial charge in [-0.1, -0.05) is 11.6 Å². The molecule has 0 bridgehead atoms. The van der Waals surface area contributed by atoms with Crippen LogP contribution in [0, 0.1) is 6.92 Å². The van der Waals surface area contributed by atoms with Crippen LogP contribution in [0.5, 0.6) is 5.75 Å². The molecular weight excluding hydrogens is 344 g/mol. The van der Waals surface area contributed by atoms with Gasteiger partial charge in [0.05, 0.1) is 12.8 Å². The second kappa shape index (κ2) is 8.06. The molecule has 1 aliphatic rings. The minimum atomic E-state index is -0.961. The Bertz CT molecular complexity index is 665. The summed E-state index contributed by atoms with van der Waals surface area (Å²) < 4.78 is 10.4. The van der Waals surface area contributed by atoms with E-state index in [9.17, 15) is 9.59 Å². The quantitative estimate of drug-likeness (QED) is 0.751. The molecule has 0 aliphatic carbocycles. The van der Waals surface area contributed by atoms with Crippen molar-refractivity contribution in [2.24, 2.45) is 0 Å². The lowest BCUT2D eigenvalue weighted by molar-refractivity contribution is -0.127. The SMILES string of the molecule is COCCCNC(=O)[C@]1(C)CCC(=O)N1c1cc(C)c(Cl)cc1OC. The molecule has 0 unspecified atom stereocenters. The molecule has 0 saturated carbocycles. The molecule has 2 rings (SSSR count). The van der Waals surface area contributed by atoms with Gasteiger partial charge >= 0.3 is 0 Å². The summed E-state index contributed by atoms with van der Waals surface area (Å²) >= 11 is 6.16. The highest BCUT2D eigenvalue weighted by Crippen LogP contribution is 2.42. The molecule has 1 aliphatic heterocycles. The fourth-order valence-corrected chi connectivity index (χ4v) is 3.21. The molecule has 1 heterocycles. The van der Waals surface area contributed by atoms with Crippen molar-refractivity contribution >= 4 is 29.1 Å². The number of carbonyl (C=O) groups excluding carboxylic acids is 2. The number of methoxy groups -OCH3 is 2. The van der Waals surface area contributed by atoms with Crippen LogP contribution in [0.1, 0.15) is 31.7 Å². The van der Waals surface area contributed by atoms with E-state index in [1.54, 1.807) is 31.1 Å². The van der Waals surface area contributed by atoms with Crippen LogP contribution >= 0.6 is 11.6 Å². The minimum Gasteiger partial charge on any atom is -0.495 e. The summed E-state index contributed by atoms with van der Waals surface area (Å²) in [6, 6.07) is 3.47. The number of ether oxygens (including phenoxy) is 2. The average molecular weight is 369 g/mol. The third kappa shape index (κ3) is 3.90. The van der Waals surface area contributed by atoms with Gasteiger partial charge in [-0.15, -0.1) is 0 Å². The van der Waals surface area contributed by atoms with Gasteiger partial charge in [-0.3, -0.25) is 14.5 Å². The normalized spacial score (nSPS) is 20.0. The summed E-state index contributed by atoms with van der Waals surface area (Å²) in [6.07, 6.45) is 1.48. The molecule has 138 valence electrons. The van der Waals surface area contributed by atoms with E-state index >= 15 is 0 Å². The molecule has 1 aromatic rings. The van der Waals surface area contributed by atoms with E-state index in [0.717, 1.165) is 12.0 Å². The van der Waals surface area contributed by atoms with E-state index in [2.05, 4.69) is 5.32 Å². The van der Waals surface area contributed by atoms with Crippen LogP contribution in [0.4, 0.5) is 5.69 Å². The molecule has 1 aromatic carbocycles. The Morgan fingerprint density at radius 2 is 2.12 bits per heavy atom. The molecule has 7 heteroatoms. The topological polar surface area (TPSA) is 67.9 Å². The largest absolute Gasteiger partial charge is 0.495 e. The Labute approximate surface area is 153 Å². The van der Waals surface area contributed by atoms with Gasteiger partial charge in [0, 0.05) is 37.8 Å². The first-order valence-corrected chi connectivity index (χ1v) is 8.67. The van der Waals surface area contributed by atoms with Gasteiger partial charge < -0.3 is 14.8 Å². The maximum atomic E-state index is 12.8. The zero-order chi connectivity index (χ0) is 18.6. The zero-order valence-corrected chi connectivity index (χ0v) is 15.9. The maximum absolute atomic E-state index is 12.8. The van der Waals surface area contributed by atoms with Gasteiger partial charge in [0.1, 0.15) is 11.3 Å². The molecule has 25 heavy (non-hydrogen) atoms. The number of carbonyl (C=O) groups is 2. The molecule has 1 atom stereocenters. The van der Waals surface area contributed by atoms with Crippen LogP contribution in [0.15, 0.2) is 12.1 Å². The molecule has 0 radical (unpaired) electrons. The number of hydrogen-bond donors (Lipinski definition) is 1. The Hall–Kier alpha value is -1.79. The zero-order valence-electron chi connectivity index (χ0n) is 15.1. The van der Waals surface area contributed by atoms with Crippen molar-refractivity contribution in [2.75, 3.05) is 32.3 Å². The monoisotopic (exact) mass is 368 g/mol. The van der Waals surface area contributed by atoms with Gasteiger partial charge in [-0.05, 0) is 38.3 Å². The van der Waals surface area contributed by atoms with Crippen molar-refractivity contribution in [3.05, 3.63) is 22.7 Å². The number of nitrogens with zero attached hydrogens (tertiary/aromatic N) is 1. The van der Waals surface area contributed by atoms with Crippen molar-refractivity contribution < 1.29 is 19.1 Å². The first-order valence-electron chi connectivity index (χ1n) is 8.29. The van der Waals surface area contributed by atoms with Crippen molar-refractivity contribution in [3.8, 4) is 5.75 Å². The number of benzene rings is 1. The Kier molecular flexibility index (Phi) is 6.30. The smallest absolute Gasteiger partial charge is 0.246 e. The molecule has 2 amide bonds. The number of nitrogens with one attached hydrogen (secondary N) is 1.